The largest absolute Gasteiger partial charge is 0.468 e. The third kappa shape index (κ3) is 3.66. The molecule has 0 aliphatic carbocycles. The lowest BCUT2D eigenvalue weighted by atomic mass is 9.88. The van der Waals surface area contributed by atoms with Crippen LogP contribution in [0.15, 0.2) is 53.1 Å². The molecule has 2 rings (SSSR count). The van der Waals surface area contributed by atoms with E-state index in [9.17, 15) is 5.11 Å². The third-order valence-corrected chi connectivity index (χ3v) is 4.55. The van der Waals surface area contributed by atoms with Gasteiger partial charge in [0.1, 0.15) is 5.76 Å². The fourth-order valence-electron chi connectivity index (χ4n) is 2.23. The van der Waals surface area contributed by atoms with E-state index in [1.807, 2.05) is 49.1 Å². The van der Waals surface area contributed by atoms with Gasteiger partial charge in [-0.25, -0.2) is 0 Å². The first-order valence-corrected chi connectivity index (χ1v) is 7.91. The SMILES string of the molecule is CNC(CO)(CCSCc1ccco1)c1ccccc1. The summed E-state index contributed by atoms with van der Waals surface area (Å²) in [6, 6.07) is 14.0. The van der Waals surface area contributed by atoms with Crippen LogP contribution in [-0.4, -0.2) is 24.5 Å². The monoisotopic (exact) mass is 291 g/mol. The molecule has 1 aromatic heterocycles. The van der Waals surface area contributed by atoms with Gasteiger partial charge in [0.25, 0.3) is 0 Å². The molecule has 4 heteroatoms. The Balaban J connectivity index is 1.92. The number of aliphatic hydroxyl groups excluding tert-OH is 1. The maximum absolute atomic E-state index is 9.82. The van der Waals surface area contributed by atoms with E-state index >= 15 is 0 Å². The van der Waals surface area contributed by atoms with Crippen LogP contribution in [0.1, 0.15) is 17.7 Å². The average molecular weight is 291 g/mol. The molecule has 0 amide bonds. The highest BCUT2D eigenvalue weighted by atomic mass is 32.2. The van der Waals surface area contributed by atoms with E-state index in [4.69, 9.17) is 4.42 Å². The number of nitrogens with one attached hydrogen (secondary N) is 1. The second-order valence-corrected chi connectivity index (χ2v) is 5.84. The first-order chi connectivity index (χ1) is 9.80. The van der Waals surface area contributed by atoms with Gasteiger partial charge in [0, 0.05) is 0 Å². The Morgan fingerprint density at radius 1 is 1.20 bits per heavy atom. The highest BCUT2D eigenvalue weighted by Gasteiger charge is 2.28. The summed E-state index contributed by atoms with van der Waals surface area (Å²) in [5.74, 6) is 2.82. The molecule has 2 N–H and O–H groups in total. The van der Waals surface area contributed by atoms with E-state index in [1.54, 1.807) is 6.26 Å². The first kappa shape index (κ1) is 15.2. The number of hydrogen-bond acceptors (Lipinski definition) is 4. The highest BCUT2D eigenvalue weighted by molar-refractivity contribution is 7.98. The van der Waals surface area contributed by atoms with Crippen molar-refractivity contribution in [3.63, 3.8) is 0 Å². The molecule has 0 aliphatic heterocycles. The summed E-state index contributed by atoms with van der Waals surface area (Å²) in [5.41, 5.74) is 0.765. The van der Waals surface area contributed by atoms with Gasteiger partial charge < -0.3 is 14.8 Å². The second kappa shape index (κ2) is 7.53. The molecule has 1 heterocycles. The Morgan fingerprint density at radius 2 is 2.00 bits per heavy atom. The van der Waals surface area contributed by atoms with Crippen molar-refractivity contribution in [1.29, 1.82) is 0 Å². The van der Waals surface area contributed by atoms with Crippen molar-refractivity contribution in [3.05, 3.63) is 60.1 Å². The molecule has 0 radical (unpaired) electrons. The van der Waals surface area contributed by atoms with E-state index in [-0.39, 0.29) is 12.1 Å². The maximum atomic E-state index is 9.82. The molecule has 20 heavy (non-hydrogen) atoms. The highest BCUT2D eigenvalue weighted by Crippen LogP contribution is 2.27. The van der Waals surface area contributed by atoms with Crippen molar-refractivity contribution in [2.45, 2.75) is 17.7 Å². The van der Waals surface area contributed by atoms with Gasteiger partial charge in [-0.3, -0.25) is 0 Å². The van der Waals surface area contributed by atoms with Crippen molar-refractivity contribution in [2.75, 3.05) is 19.4 Å². The average Bonchev–Trinajstić information content (AvgIpc) is 3.02. The predicted molar refractivity (Wildman–Crippen MR) is 83.8 cm³/mol. The summed E-state index contributed by atoms with van der Waals surface area (Å²) in [5, 5.41) is 13.1. The van der Waals surface area contributed by atoms with Gasteiger partial charge in [0.2, 0.25) is 0 Å². The molecule has 3 nitrogen and oxygen atoms in total. The van der Waals surface area contributed by atoms with Crippen molar-refractivity contribution in [3.8, 4) is 0 Å². The zero-order valence-electron chi connectivity index (χ0n) is 11.7. The van der Waals surface area contributed by atoms with Crippen LogP contribution in [-0.2, 0) is 11.3 Å². The van der Waals surface area contributed by atoms with E-state index in [0.29, 0.717) is 0 Å². The Morgan fingerprint density at radius 3 is 2.60 bits per heavy atom. The van der Waals surface area contributed by atoms with Crippen molar-refractivity contribution in [2.24, 2.45) is 0 Å². The number of aliphatic hydroxyl groups is 1. The lowest BCUT2D eigenvalue weighted by Gasteiger charge is -2.32. The number of likely N-dealkylation sites (N-methyl/N-ethyl adjacent to an activating group) is 1. The molecule has 2 aromatic rings. The number of thioether (sulfide) groups is 1. The van der Waals surface area contributed by atoms with Gasteiger partial charge in [0.15, 0.2) is 0 Å². The second-order valence-electron chi connectivity index (χ2n) is 4.74. The summed E-state index contributed by atoms with van der Waals surface area (Å²) in [6.07, 6.45) is 2.57. The lowest BCUT2D eigenvalue weighted by Crippen LogP contribution is -2.44. The van der Waals surface area contributed by atoms with Crippen molar-refractivity contribution >= 4 is 11.8 Å². The molecular formula is C16H21NO2S. The lowest BCUT2D eigenvalue weighted by molar-refractivity contribution is 0.165. The van der Waals surface area contributed by atoms with Crippen LogP contribution in [0.4, 0.5) is 0 Å². The Kier molecular flexibility index (Phi) is 5.71. The molecule has 0 aliphatic rings. The molecular weight excluding hydrogens is 270 g/mol. The fraction of sp³-hybridized carbons (Fsp3) is 0.375. The van der Waals surface area contributed by atoms with E-state index in [2.05, 4.69) is 17.4 Å². The molecule has 0 fully saturated rings. The van der Waals surface area contributed by atoms with Crippen LogP contribution in [0.2, 0.25) is 0 Å². The number of rotatable bonds is 8. The summed E-state index contributed by atoms with van der Waals surface area (Å²) in [4.78, 5) is 0. The Bertz CT molecular complexity index is 480. The summed E-state index contributed by atoms with van der Waals surface area (Å²) < 4.78 is 5.32. The van der Waals surface area contributed by atoms with Crippen molar-refractivity contribution < 1.29 is 9.52 Å². The zero-order chi connectivity index (χ0) is 14.3. The molecule has 108 valence electrons. The van der Waals surface area contributed by atoms with Crippen LogP contribution in [0, 0.1) is 0 Å². The van der Waals surface area contributed by atoms with Gasteiger partial charge >= 0.3 is 0 Å². The van der Waals surface area contributed by atoms with Crippen LogP contribution in [0.25, 0.3) is 0 Å². The van der Waals surface area contributed by atoms with Gasteiger partial charge in [-0.05, 0) is 36.9 Å². The minimum atomic E-state index is -0.364. The van der Waals surface area contributed by atoms with Gasteiger partial charge in [-0.2, -0.15) is 11.8 Å². The van der Waals surface area contributed by atoms with E-state index < -0.39 is 0 Å². The quantitative estimate of drug-likeness (QED) is 0.734. The molecule has 0 saturated carbocycles. The topological polar surface area (TPSA) is 45.4 Å². The van der Waals surface area contributed by atoms with Crippen LogP contribution < -0.4 is 5.32 Å². The molecule has 0 saturated heterocycles. The number of furan rings is 1. The Labute approximate surface area is 124 Å². The zero-order valence-corrected chi connectivity index (χ0v) is 12.5. The minimum Gasteiger partial charge on any atom is -0.468 e. The number of hydrogen-bond donors (Lipinski definition) is 2. The summed E-state index contributed by atoms with van der Waals surface area (Å²) >= 11 is 1.82. The van der Waals surface area contributed by atoms with Gasteiger partial charge in [-0.1, -0.05) is 30.3 Å². The maximum Gasteiger partial charge on any atom is 0.113 e. The van der Waals surface area contributed by atoms with E-state index in [1.165, 1.54) is 0 Å². The smallest absolute Gasteiger partial charge is 0.113 e. The van der Waals surface area contributed by atoms with Gasteiger partial charge in [0.05, 0.1) is 24.2 Å². The van der Waals surface area contributed by atoms with Crippen LogP contribution in [0.3, 0.4) is 0 Å². The summed E-state index contributed by atoms with van der Waals surface area (Å²) in [6.45, 7) is 0.0921. The predicted octanol–water partition coefficient (Wildman–Crippen LogP) is 3.01. The summed E-state index contributed by atoms with van der Waals surface area (Å²) in [7, 11) is 1.90. The molecule has 1 atom stereocenters. The van der Waals surface area contributed by atoms with Gasteiger partial charge in [-0.15, -0.1) is 0 Å². The first-order valence-electron chi connectivity index (χ1n) is 6.76. The van der Waals surface area contributed by atoms with E-state index in [0.717, 1.165) is 29.3 Å². The molecule has 1 aromatic carbocycles. The fourth-order valence-corrected chi connectivity index (χ4v) is 3.24. The number of benzene rings is 1. The molecule has 1 unspecified atom stereocenters. The minimum absolute atomic E-state index is 0.0921. The third-order valence-electron chi connectivity index (χ3n) is 3.57. The standard InChI is InChI=1S/C16H21NO2S/c1-17-16(13-18,14-6-3-2-4-7-14)9-11-20-12-15-8-5-10-19-15/h2-8,10,17-18H,9,11-13H2,1H3. The van der Waals surface area contributed by atoms with Crippen molar-refractivity contribution in [1.82, 2.24) is 5.32 Å². The molecule has 0 bridgehead atoms. The normalized spacial score (nSPS) is 14.1. The van der Waals surface area contributed by atoms with Crippen LogP contribution >= 0.6 is 11.8 Å². The Hall–Kier alpha value is -1.23. The van der Waals surface area contributed by atoms with Crippen LogP contribution in [0.5, 0.6) is 0 Å². The molecule has 0 spiro atoms.